The fraction of sp³-hybridized carbons (Fsp3) is 0.455. The standard InChI is InChI=1S/C22H25ClF3N3O2/c23-20-10-16(21(31)27-11-15-5-2-1-3-6-15)9-19(22(24,25)26)18(20)13-29-8-4-7-17(12-29)28-14-30/h2,5-6,9-10,14,17H,1,3-4,7-8,11-13H2,(H,27,31)(H,28,30). The molecule has 0 spiro atoms. The van der Waals surface area contributed by atoms with E-state index in [2.05, 4.69) is 10.6 Å². The van der Waals surface area contributed by atoms with Crippen LogP contribution < -0.4 is 10.6 Å². The monoisotopic (exact) mass is 455 g/mol. The second-order valence-electron chi connectivity index (χ2n) is 7.78. The normalized spacial score (nSPS) is 19.6. The largest absolute Gasteiger partial charge is 0.416 e. The van der Waals surface area contributed by atoms with Crippen molar-refractivity contribution in [2.24, 2.45) is 0 Å². The maximum absolute atomic E-state index is 13.8. The van der Waals surface area contributed by atoms with Crippen molar-refractivity contribution < 1.29 is 22.8 Å². The molecule has 1 fully saturated rings. The molecule has 31 heavy (non-hydrogen) atoms. The summed E-state index contributed by atoms with van der Waals surface area (Å²) in [5, 5.41) is 5.25. The number of hydrogen-bond donors (Lipinski definition) is 2. The van der Waals surface area contributed by atoms with Crippen molar-refractivity contribution in [3.8, 4) is 0 Å². The first-order valence-electron chi connectivity index (χ1n) is 10.2. The number of amides is 2. The number of piperidine rings is 1. The minimum atomic E-state index is -4.65. The molecule has 0 aromatic heterocycles. The molecule has 3 rings (SSSR count). The molecule has 1 saturated heterocycles. The molecule has 0 radical (unpaired) electrons. The maximum atomic E-state index is 13.8. The van der Waals surface area contributed by atoms with E-state index in [1.807, 2.05) is 23.1 Å². The van der Waals surface area contributed by atoms with Gasteiger partial charge < -0.3 is 10.6 Å². The molecule has 1 unspecified atom stereocenters. The zero-order chi connectivity index (χ0) is 22.4. The van der Waals surface area contributed by atoms with Crippen LogP contribution in [0.3, 0.4) is 0 Å². The highest BCUT2D eigenvalue weighted by Crippen LogP contribution is 2.37. The van der Waals surface area contributed by atoms with E-state index >= 15 is 0 Å². The van der Waals surface area contributed by atoms with E-state index in [4.69, 9.17) is 11.6 Å². The van der Waals surface area contributed by atoms with Gasteiger partial charge in [0.05, 0.1) is 5.56 Å². The lowest BCUT2D eigenvalue weighted by Crippen LogP contribution is -2.45. The summed E-state index contributed by atoms with van der Waals surface area (Å²) in [6.07, 6.45) is 5.18. The average Bonchev–Trinajstić information content (AvgIpc) is 2.74. The van der Waals surface area contributed by atoms with Crippen LogP contribution in [-0.2, 0) is 17.5 Å². The number of likely N-dealkylation sites (tertiary alicyclic amines) is 1. The number of benzene rings is 1. The Labute approximate surface area is 184 Å². The molecule has 9 heteroatoms. The van der Waals surface area contributed by atoms with E-state index in [0.717, 1.165) is 37.3 Å². The van der Waals surface area contributed by atoms with Crippen LogP contribution in [0.25, 0.3) is 0 Å². The Balaban J connectivity index is 1.78. The van der Waals surface area contributed by atoms with Crippen LogP contribution in [0.2, 0.25) is 5.02 Å². The number of carbonyl (C=O) groups is 2. The lowest BCUT2D eigenvalue weighted by atomic mass is 10.00. The first-order valence-corrected chi connectivity index (χ1v) is 10.6. The number of halogens is 4. The molecule has 1 heterocycles. The van der Waals surface area contributed by atoms with Crippen LogP contribution >= 0.6 is 11.6 Å². The van der Waals surface area contributed by atoms with E-state index in [0.29, 0.717) is 19.5 Å². The molecule has 1 atom stereocenters. The topological polar surface area (TPSA) is 61.4 Å². The SMILES string of the molecule is O=CNC1CCCN(Cc2c(Cl)cc(C(=O)NCC3=CCCC=C3)cc2C(F)(F)F)C1. The average molecular weight is 456 g/mol. The predicted octanol–water partition coefficient (Wildman–Crippen LogP) is 4.08. The summed E-state index contributed by atoms with van der Waals surface area (Å²) >= 11 is 6.25. The van der Waals surface area contributed by atoms with Crippen molar-refractivity contribution in [2.75, 3.05) is 19.6 Å². The van der Waals surface area contributed by atoms with Gasteiger partial charge in [-0.3, -0.25) is 14.5 Å². The van der Waals surface area contributed by atoms with Gasteiger partial charge in [-0.1, -0.05) is 29.8 Å². The van der Waals surface area contributed by atoms with Crippen molar-refractivity contribution in [1.82, 2.24) is 15.5 Å². The summed E-state index contributed by atoms with van der Waals surface area (Å²) < 4.78 is 41.4. The minimum absolute atomic E-state index is 0.00963. The Morgan fingerprint density at radius 2 is 2.10 bits per heavy atom. The van der Waals surface area contributed by atoms with Gasteiger partial charge in [-0.25, -0.2) is 0 Å². The number of hydrogen-bond acceptors (Lipinski definition) is 3. The van der Waals surface area contributed by atoms with E-state index in [-0.39, 0.29) is 35.3 Å². The third-order valence-corrected chi connectivity index (χ3v) is 5.82. The molecule has 1 aliphatic heterocycles. The smallest absolute Gasteiger partial charge is 0.355 e. The lowest BCUT2D eigenvalue weighted by Gasteiger charge is -2.33. The fourth-order valence-corrected chi connectivity index (χ4v) is 4.20. The van der Waals surface area contributed by atoms with Crippen LogP contribution in [0.15, 0.2) is 35.9 Å². The molecule has 1 aromatic carbocycles. The number of alkyl halides is 3. The Bertz CT molecular complexity index is 883. The molecule has 168 valence electrons. The fourth-order valence-electron chi connectivity index (χ4n) is 3.92. The van der Waals surface area contributed by atoms with Crippen LogP contribution in [0.1, 0.15) is 47.2 Å². The van der Waals surface area contributed by atoms with Gasteiger partial charge in [0.2, 0.25) is 6.41 Å². The van der Waals surface area contributed by atoms with Gasteiger partial charge in [0.25, 0.3) is 5.91 Å². The Hall–Kier alpha value is -2.32. The van der Waals surface area contributed by atoms with Crippen LogP contribution in [-0.4, -0.2) is 42.9 Å². The van der Waals surface area contributed by atoms with E-state index in [1.54, 1.807) is 0 Å². The summed E-state index contributed by atoms with van der Waals surface area (Å²) in [6, 6.07) is 2.05. The highest BCUT2D eigenvalue weighted by molar-refractivity contribution is 6.31. The molecule has 2 N–H and O–H groups in total. The van der Waals surface area contributed by atoms with Crippen LogP contribution in [0.4, 0.5) is 13.2 Å². The summed E-state index contributed by atoms with van der Waals surface area (Å²) in [5.41, 5.74) is -0.176. The number of allylic oxidation sites excluding steroid dienone is 2. The third-order valence-electron chi connectivity index (χ3n) is 5.48. The van der Waals surface area contributed by atoms with Crippen molar-refractivity contribution in [2.45, 2.75) is 44.4 Å². The van der Waals surface area contributed by atoms with Crippen molar-refractivity contribution in [3.63, 3.8) is 0 Å². The van der Waals surface area contributed by atoms with Gasteiger partial charge in [0, 0.05) is 36.3 Å². The van der Waals surface area contributed by atoms with Gasteiger partial charge in [0.15, 0.2) is 0 Å². The molecular formula is C22H25ClF3N3O2. The van der Waals surface area contributed by atoms with Crippen molar-refractivity contribution in [1.29, 1.82) is 0 Å². The molecule has 2 amide bonds. The zero-order valence-electron chi connectivity index (χ0n) is 17.0. The summed E-state index contributed by atoms with van der Waals surface area (Å²) in [7, 11) is 0. The Morgan fingerprint density at radius 1 is 1.29 bits per heavy atom. The van der Waals surface area contributed by atoms with Crippen molar-refractivity contribution in [3.05, 3.63) is 57.6 Å². The van der Waals surface area contributed by atoms with Gasteiger partial charge >= 0.3 is 6.18 Å². The number of nitrogens with one attached hydrogen (secondary N) is 2. The Morgan fingerprint density at radius 3 is 2.77 bits per heavy atom. The quantitative estimate of drug-likeness (QED) is 0.609. The first kappa shape index (κ1) is 23.3. The maximum Gasteiger partial charge on any atom is 0.416 e. The molecule has 0 bridgehead atoms. The van der Waals surface area contributed by atoms with Gasteiger partial charge in [-0.15, -0.1) is 0 Å². The van der Waals surface area contributed by atoms with Crippen LogP contribution in [0, 0.1) is 0 Å². The highest BCUT2D eigenvalue weighted by Gasteiger charge is 2.36. The second kappa shape index (κ2) is 10.3. The minimum Gasteiger partial charge on any atom is -0.355 e. The highest BCUT2D eigenvalue weighted by atomic mass is 35.5. The molecule has 2 aliphatic rings. The van der Waals surface area contributed by atoms with E-state index < -0.39 is 17.6 Å². The van der Waals surface area contributed by atoms with E-state index in [9.17, 15) is 22.8 Å². The number of rotatable bonds is 7. The molecule has 1 aromatic rings. The van der Waals surface area contributed by atoms with Crippen molar-refractivity contribution >= 4 is 23.9 Å². The Kier molecular flexibility index (Phi) is 7.78. The molecular weight excluding hydrogens is 431 g/mol. The number of carbonyl (C=O) groups excluding carboxylic acids is 2. The second-order valence-corrected chi connectivity index (χ2v) is 8.19. The van der Waals surface area contributed by atoms with Crippen LogP contribution in [0.5, 0.6) is 0 Å². The first-order chi connectivity index (χ1) is 14.8. The third kappa shape index (κ3) is 6.33. The lowest BCUT2D eigenvalue weighted by molar-refractivity contribution is -0.138. The zero-order valence-corrected chi connectivity index (χ0v) is 17.7. The summed E-state index contributed by atoms with van der Waals surface area (Å²) in [6.45, 7) is 1.28. The van der Waals surface area contributed by atoms with Gasteiger partial charge in [0.1, 0.15) is 0 Å². The molecule has 5 nitrogen and oxygen atoms in total. The number of nitrogens with zero attached hydrogens (tertiary/aromatic N) is 1. The molecule has 1 aliphatic carbocycles. The van der Waals surface area contributed by atoms with Gasteiger partial charge in [-0.05, 0) is 55.5 Å². The summed E-state index contributed by atoms with van der Waals surface area (Å²) in [5.74, 6) is -0.605. The van der Waals surface area contributed by atoms with Gasteiger partial charge in [-0.2, -0.15) is 13.2 Å². The van der Waals surface area contributed by atoms with E-state index in [1.165, 1.54) is 6.07 Å². The summed E-state index contributed by atoms with van der Waals surface area (Å²) in [4.78, 5) is 25.0. The molecule has 0 saturated carbocycles. The predicted molar refractivity (Wildman–Crippen MR) is 113 cm³/mol.